The Kier molecular flexibility index (Phi) is 9.86. The van der Waals surface area contributed by atoms with Crippen molar-refractivity contribution in [1.82, 2.24) is 19.9 Å². The minimum Gasteiger partial charge on any atom is -0.355 e. The summed E-state index contributed by atoms with van der Waals surface area (Å²) in [5, 5.41) is 7.16. The molecular formula is C13H24IN5O2S3. The molecule has 0 unspecified atom stereocenters. The molecule has 7 nitrogen and oxygen atoms in total. The van der Waals surface area contributed by atoms with Crippen molar-refractivity contribution in [2.75, 3.05) is 43.9 Å². The van der Waals surface area contributed by atoms with E-state index in [-0.39, 0.29) is 29.7 Å². The van der Waals surface area contributed by atoms with Crippen LogP contribution in [0.3, 0.4) is 0 Å². The summed E-state index contributed by atoms with van der Waals surface area (Å²) in [4.78, 5) is 9.54. The molecule has 2 N–H and O–H groups in total. The second-order valence-electron chi connectivity index (χ2n) is 5.04. The Balaban J connectivity index is 0.00000288. The number of rotatable bonds is 6. The van der Waals surface area contributed by atoms with Gasteiger partial charge in [0.05, 0.1) is 12.3 Å². The standard InChI is InChI=1S/C13H23N5O2S3.HI/c1-11-9-16-12(22-11)10-17-13(14-2)15-3-8-23(19,20)18-4-6-21-7-5-18;/h9H,3-8,10H2,1-2H3,(H2,14,15,17);1H. The van der Waals surface area contributed by atoms with Gasteiger partial charge in [-0.2, -0.15) is 11.8 Å². The number of hydrogen-bond acceptors (Lipinski definition) is 6. The van der Waals surface area contributed by atoms with Gasteiger partial charge in [-0.1, -0.05) is 0 Å². The van der Waals surface area contributed by atoms with Gasteiger partial charge in [0.2, 0.25) is 10.0 Å². The number of thioether (sulfide) groups is 1. The second kappa shape index (κ2) is 10.8. The van der Waals surface area contributed by atoms with E-state index < -0.39 is 10.0 Å². The molecule has 1 saturated heterocycles. The van der Waals surface area contributed by atoms with Crippen molar-refractivity contribution in [3.63, 3.8) is 0 Å². The molecule has 1 fully saturated rings. The molecule has 1 aliphatic rings. The highest BCUT2D eigenvalue weighted by atomic mass is 127. The van der Waals surface area contributed by atoms with Crippen molar-refractivity contribution in [3.8, 4) is 0 Å². The molecule has 1 aromatic rings. The molecule has 2 heterocycles. The lowest BCUT2D eigenvalue weighted by atomic mass is 10.6. The van der Waals surface area contributed by atoms with Gasteiger partial charge in [0.1, 0.15) is 5.01 Å². The lowest BCUT2D eigenvalue weighted by Gasteiger charge is -2.25. The molecule has 1 aromatic heterocycles. The van der Waals surface area contributed by atoms with Crippen LogP contribution in [-0.4, -0.2) is 67.6 Å². The van der Waals surface area contributed by atoms with Gasteiger partial charge in [0, 0.05) is 49.3 Å². The lowest BCUT2D eigenvalue weighted by molar-refractivity contribution is 0.443. The quantitative estimate of drug-likeness (QED) is 0.343. The largest absolute Gasteiger partial charge is 0.355 e. The number of aliphatic imine (C=N–C) groups is 1. The van der Waals surface area contributed by atoms with Crippen LogP contribution < -0.4 is 10.6 Å². The summed E-state index contributed by atoms with van der Waals surface area (Å²) in [6.45, 7) is 4.15. The summed E-state index contributed by atoms with van der Waals surface area (Å²) in [5.74, 6) is 2.42. The molecule has 11 heteroatoms. The van der Waals surface area contributed by atoms with E-state index in [1.54, 1.807) is 34.5 Å². The number of nitrogens with zero attached hydrogens (tertiary/aromatic N) is 3. The fraction of sp³-hybridized carbons (Fsp3) is 0.692. The molecule has 0 saturated carbocycles. The average molecular weight is 505 g/mol. The van der Waals surface area contributed by atoms with Gasteiger partial charge in [0.25, 0.3) is 0 Å². The Bertz CT molecular complexity index is 629. The van der Waals surface area contributed by atoms with Gasteiger partial charge in [-0.05, 0) is 6.92 Å². The Morgan fingerprint density at radius 3 is 2.67 bits per heavy atom. The monoisotopic (exact) mass is 505 g/mol. The van der Waals surface area contributed by atoms with Gasteiger partial charge in [-0.3, -0.25) is 4.99 Å². The summed E-state index contributed by atoms with van der Waals surface area (Å²) in [7, 11) is -1.52. The first-order valence-corrected chi connectivity index (χ1v) is 11.0. The number of halogens is 1. The van der Waals surface area contributed by atoms with E-state index in [9.17, 15) is 8.42 Å². The molecule has 0 bridgehead atoms. The summed E-state index contributed by atoms with van der Waals surface area (Å²) in [6, 6.07) is 0. The molecule has 138 valence electrons. The number of aromatic nitrogens is 1. The Labute approximate surface area is 169 Å². The van der Waals surface area contributed by atoms with E-state index in [4.69, 9.17) is 0 Å². The molecule has 0 amide bonds. The Morgan fingerprint density at radius 2 is 2.08 bits per heavy atom. The van der Waals surface area contributed by atoms with Crippen molar-refractivity contribution in [3.05, 3.63) is 16.1 Å². The Morgan fingerprint density at radius 1 is 1.38 bits per heavy atom. The van der Waals surface area contributed by atoms with Crippen molar-refractivity contribution in [1.29, 1.82) is 0 Å². The highest BCUT2D eigenvalue weighted by Crippen LogP contribution is 2.13. The molecular weight excluding hydrogens is 481 g/mol. The topological polar surface area (TPSA) is 86.7 Å². The fourth-order valence-electron chi connectivity index (χ4n) is 2.12. The molecule has 0 atom stereocenters. The number of guanidine groups is 1. The van der Waals surface area contributed by atoms with Gasteiger partial charge in [-0.25, -0.2) is 17.7 Å². The van der Waals surface area contributed by atoms with Crippen LogP contribution in [0.5, 0.6) is 0 Å². The molecule has 0 aromatic carbocycles. The van der Waals surface area contributed by atoms with Crippen LogP contribution >= 0.6 is 47.1 Å². The summed E-state index contributed by atoms with van der Waals surface area (Å²) < 4.78 is 26.1. The van der Waals surface area contributed by atoms with Crippen LogP contribution in [-0.2, 0) is 16.6 Å². The van der Waals surface area contributed by atoms with E-state index in [2.05, 4.69) is 20.6 Å². The first kappa shape index (κ1) is 21.9. The zero-order valence-electron chi connectivity index (χ0n) is 13.8. The molecule has 0 radical (unpaired) electrons. The maximum atomic E-state index is 12.2. The third kappa shape index (κ3) is 7.02. The van der Waals surface area contributed by atoms with Gasteiger partial charge in [0.15, 0.2) is 5.96 Å². The van der Waals surface area contributed by atoms with Gasteiger partial charge in [-0.15, -0.1) is 35.3 Å². The summed E-state index contributed by atoms with van der Waals surface area (Å²) in [5.41, 5.74) is 0. The minimum atomic E-state index is -3.19. The maximum absolute atomic E-state index is 12.2. The van der Waals surface area contributed by atoms with Crippen LogP contribution in [0.1, 0.15) is 9.88 Å². The highest BCUT2D eigenvalue weighted by molar-refractivity contribution is 14.0. The predicted molar refractivity (Wildman–Crippen MR) is 113 cm³/mol. The number of thiazole rings is 1. The summed E-state index contributed by atoms with van der Waals surface area (Å²) >= 11 is 3.42. The second-order valence-corrected chi connectivity index (χ2v) is 9.68. The SMILES string of the molecule is CN=C(NCCS(=O)(=O)N1CCSCC1)NCc1ncc(C)s1.I. The molecule has 0 aliphatic carbocycles. The third-order valence-electron chi connectivity index (χ3n) is 3.32. The van der Waals surface area contributed by atoms with E-state index in [1.807, 2.05) is 13.1 Å². The normalized spacial score (nSPS) is 16.5. The van der Waals surface area contributed by atoms with E-state index in [1.165, 1.54) is 0 Å². The zero-order valence-corrected chi connectivity index (χ0v) is 18.6. The lowest BCUT2D eigenvalue weighted by Crippen LogP contribution is -2.44. The maximum Gasteiger partial charge on any atom is 0.215 e. The predicted octanol–water partition coefficient (Wildman–Crippen LogP) is 1.11. The number of sulfonamides is 1. The third-order valence-corrected chi connectivity index (χ3v) is 7.04. The van der Waals surface area contributed by atoms with Gasteiger partial charge >= 0.3 is 0 Å². The van der Waals surface area contributed by atoms with E-state index in [0.717, 1.165) is 21.4 Å². The van der Waals surface area contributed by atoms with E-state index in [0.29, 0.717) is 32.1 Å². The highest BCUT2D eigenvalue weighted by Gasteiger charge is 2.23. The van der Waals surface area contributed by atoms with Crippen molar-refractivity contribution in [2.24, 2.45) is 4.99 Å². The van der Waals surface area contributed by atoms with E-state index >= 15 is 0 Å². The molecule has 0 spiro atoms. The Hall–Kier alpha value is -0.110. The van der Waals surface area contributed by atoms with Crippen LogP contribution in [0.4, 0.5) is 0 Å². The first-order valence-electron chi connectivity index (χ1n) is 7.42. The first-order chi connectivity index (χ1) is 11.0. The molecule has 2 rings (SSSR count). The molecule has 24 heavy (non-hydrogen) atoms. The smallest absolute Gasteiger partial charge is 0.215 e. The van der Waals surface area contributed by atoms with Crippen LogP contribution in [0.25, 0.3) is 0 Å². The molecule has 1 aliphatic heterocycles. The number of nitrogens with one attached hydrogen (secondary N) is 2. The number of hydrogen-bond donors (Lipinski definition) is 2. The van der Waals surface area contributed by atoms with Crippen molar-refractivity contribution < 1.29 is 8.42 Å². The van der Waals surface area contributed by atoms with Crippen molar-refractivity contribution >= 4 is 63.1 Å². The average Bonchev–Trinajstić information content (AvgIpc) is 2.97. The zero-order chi connectivity index (χ0) is 16.7. The van der Waals surface area contributed by atoms with Crippen LogP contribution in [0.2, 0.25) is 0 Å². The van der Waals surface area contributed by atoms with Crippen molar-refractivity contribution in [2.45, 2.75) is 13.5 Å². The summed E-state index contributed by atoms with van der Waals surface area (Å²) in [6.07, 6.45) is 1.83. The fourth-order valence-corrected chi connectivity index (χ4v) is 5.33. The number of aryl methyl sites for hydroxylation is 1. The minimum absolute atomic E-state index is 0. The van der Waals surface area contributed by atoms with Crippen LogP contribution in [0, 0.1) is 6.92 Å². The van der Waals surface area contributed by atoms with Crippen LogP contribution in [0.15, 0.2) is 11.2 Å². The van der Waals surface area contributed by atoms with Gasteiger partial charge < -0.3 is 10.6 Å².